The number of amides is 1. The third kappa shape index (κ3) is 3.75. The molecule has 4 fully saturated rings. The van der Waals surface area contributed by atoms with E-state index in [-0.39, 0.29) is 16.9 Å². The number of nitrogens with one attached hydrogen (secondary N) is 3. The van der Waals surface area contributed by atoms with Crippen LogP contribution in [0.2, 0.25) is 0 Å². The van der Waals surface area contributed by atoms with Crippen LogP contribution in [0.1, 0.15) is 49.6 Å². The first-order chi connectivity index (χ1) is 18.5. The number of fused-ring (bicyclic) bond motifs is 1. The van der Waals surface area contributed by atoms with E-state index < -0.39 is 0 Å². The lowest BCUT2D eigenvalue weighted by molar-refractivity contribution is -0.136. The lowest BCUT2D eigenvalue weighted by Gasteiger charge is -2.69. The number of carbonyl (C=O) groups is 1. The molecule has 4 aliphatic rings. The minimum atomic E-state index is -0.0371. The van der Waals surface area contributed by atoms with Gasteiger partial charge in [0.2, 0.25) is 5.91 Å². The van der Waals surface area contributed by atoms with Crippen LogP contribution in [0.25, 0.3) is 27.5 Å². The van der Waals surface area contributed by atoms with Gasteiger partial charge in [0.05, 0.1) is 34.2 Å². The summed E-state index contributed by atoms with van der Waals surface area (Å²) in [6, 6.07) is 10.3. The van der Waals surface area contributed by atoms with E-state index in [1.165, 1.54) is 0 Å². The Hall–Kier alpha value is -3.88. The van der Waals surface area contributed by atoms with Gasteiger partial charge in [-0.15, -0.1) is 10.2 Å². The molecule has 4 aromatic rings. The van der Waals surface area contributed by atoms with E-state index in [4.69, 9.17) is 4.98 Å². The van der Waals surface area contributed by atoms with Crippen molar-refractivity contribution in [1.82, 2.24) is 35.4 Å². The Morgan fingerprint density at radius 1 is 1.18 bits per heavy atom. The largest absolute Gasteiger partial charge is 0.382 e. The van der Waals surface area contributed by atoms with E-state index in [1.54, 1.807) is 24.5 Å². The molecule has 0 atom stereocenters. The van der Waals surface area contributed by atoms with Gasteiger partial charge < -0.3 is 16.0 Å². The second kappa shape index (κ2) is 8.58. The number of pyridine rings is 1. The Balaban J connectivity index is 1.22. The minimum absolute atomic E-state index is 0.0347. The first-order valence-corrected chi connectivity index (χ1v) is 13.8. The zero-order valence-electron chi connectivity index (χ0n) is 21.0. The average Bonchev–Trinajstić information content (AvgIpc) is 3.53. The van der Waals surface area contributed by atoms with Crippen molar-refractivity contribution in [2.45, 2.75) is 56.0 Å². The van der Waals surface area contributed by atoms with E-state index >= 15 is 0 Å². The van der Waals surface area contributed by atoms with Gasteiger partial charge in [0, 0.05) is 35.8 Å². The van der Waals surface area contributed by atoms with E-state index in [0.717, 1.165) is 83.4 Å². The summed E-state index contributed by atoms with van der Waals surface area (Å²) in [7, 11) is 0. The van der Waals surface area contributed by atoms with E-state index in [9.17, 15) is 10.1 Å². The van der Waals surface area contributed by atoms with Crippen LogP contribution in [0.3, 0.4) is 0 Å². The van der Waals surface area contributed by atoms with Crippen molar-refractivity contribution in [3.63, 3.8) is 0 Å². The summed E-state index contributed by atoms with van der Waals surface area (Å²) >= 11 is 1.63. The Kier molecular flexibility index (Phi) is 5.25. The number of anilines is 1. The molecule has 4 aromatic heterocycles. The van der Waals surface area contributed by atoms with Crippen molar-refractivity contribution in [3.8, 4) is 28.0 Å². The lowest BCUT2D eigenvalue weighted by atomic mass is 9.39. The highest BCUT2D eigenvalue weighted by Crippen LogP contribution is 2.68. The molecule has 0 unspecified atom stereocenters. The normalized spacial score (nSPS) is 24.3. The van der Waals surface area contributed by atoms with Crippen molar-refractivity contribution in [2.75, 3.05) is 18.4 Å². The summed E-state index contributed by atoms with van der Waals surface area (Å²) in [5.74, 6) is 0.0347. The second-order valence-corrected chi connectivity index (χ2v) is 11.9. The first kappa shape index (κ1) is 23.3. The molecule has 1 saturated heterocycles. The Bertz CT molecular complexity index is 1590. The van der Waals surface area contributed by atoms with E-state index in [0.29, 0.717) is 11.6 Å². The highest BCUT2D eigenvalue weighted by molar-refractivity contribution is 7.14. The quantitative estimate of drug-likeness (QED) is 0.349. The van der Waals surface area contributed by atoms with Crippen molar-refractivity contribution in [3.05, 3.63) is 47.2 Å². The van der Waals surface area contributed by atoms with Crippen LogP contribution in [-0.2, 0) is 10.2 Å². The smallest absolute Gasteiger partial charge is 0.217 e. The number of carbonyl (C=O) groups excluding carboxylic acids is 1. The maximum Gasteiger partial charge on any atom is 0.217 e. The Morgan fingerprint density at radius 3 is 2.76 bits per heavy atom. The van der Waals surface area contributed by atoms with Crippen LogP contribution in [-0.4, -0.2) is 55.4 Å². The summed E-state index contributed by atoms with van der Waals surface area (Å²) in [5, 5.41) is 35.1. The minimum Gasteiger partial charge on any atom is -0.382 e. The van der Waals surface area contributed by atoms with Gasteiger partial charge in [0.15, 0.2) is 5.01 Å². The zero-order chi connectivity index (χ0) is 25.9. The SMILES string of the molecule is CC(=O)NC12CC(c3nnc(-c4cnc(-c5ccc6cc(C#N)cnn56)cc4NC4CCNCC4)s3)(C1)C2. The van der Waals surface area contributed by atoms with E-state index in [2.05, 4.69) is 43.4 Å². The lowest BCUT2D eigenvalue weighted by Crippen LogP contribution is -2.76. The third-order valence-corrected chi connectivity index (χ3v) is 9.28. The van der Waals surface area contributed by atoms with Gasteiger partial charge in [-0.3, -0.25) is 9.78 Å². The standard InChI is InChI=1S/C27H27N9OS/c1-16(37)33-27-13-26(14-27,15-27)25-35-34-24(38-25)20-12-30-22(9-21(20)32-18-4-6-29-7-5-18)23-3-2-19-8-17(10-28)11-31-36(19)23/h2-3,8-9,11-12,18,29H,4-7,13-15H2,1H3,(H,30,32)(H,33,37). The maximum absolute atomic E-state index is 11.5. The monoisotopic (exact) mass is 525 g/mol. The molecule has 0 radical (unpaired) electrons. The molecule has 5 heterocycles. The molecule has 1 amide bonds. The molecule has 1 aliphatic heterocycles. The molecule has 0 aromatic carbocycles. The van der Waals surface area contributed by atoms with Crippen molar-refractivity contribution >= 4 is 28.4 Å². The molecule has 3 saturated carbocycles. The second-order valence-electron chi connectivity index (χ2n) is 10.9. The fourth-order valence-electron chi connectivity index (χ4n) is 6.39. The predicted octanol–water partition coefficient (Wildman–Crippen LogP) is 3.26. The number of aromatic nitrogens is 5. The van der Waals surface area contributed by atoms with Crippen LogP contribution >= 0.6 is 11.3 Å². The highest BCUT2D eigenvalue weighted by atomic mass is 32.1. The third-order valence-electron chi connectivity index (χ3n) is 8.08. The van der Waals surface area contributed by atoms with Crippen LogP contribution in [0.15, 0.2) is 36.7 Å². The molecule has 8 rings (SSSR count). The number of hydrogen-bond donors (Lipinski definition) is 3. The molecule has 38 heavy (non-hydrogen) atoms. The highest BCUT2D eigenvalue weighted by Gasteiger charge is 2.70. The van der Waals surface area contributed by atoms with Crippen LogP contribution in [0.4, 0.5) is 5.69 Å². The number of hydrogen-bond acceptors (Lipinski definition) is 9. The average molecular weight is 526 g/mol. The van der Waals surface area contributed by atoms with Gasteiger partial charge in [-0.25, -0.2) is 4.52 Å². The van der Waals surface area contributed by atoms with Gasteiger partial charge in [0.25, 0.3) is 0 Å². The molecule has 3 N–H and O–H groups in total. The molecule has 2 bridgehead atoms. The summed E-state index contributed by atoms with van der Waals surface area (Å²) < 4.78 is 1.81. The van der Waals surface area contributed by atoms with E-state index in [1.807, 2.05) is 28.9 Å². The van der Waals surface area contributed by atoms with Gasteiger partial charge in [-0.2, -0.15) is 10.4 Å². The number of piperidine rings is 1. The fourth-order valence-corrected chi connectivity index (χ4v) is 7.44. The summed E-state index contributed by atoms with van der Waals surface area (Å²) in [6.07, 6.45) is 8.35. The number of rotatable bonds is 6. The van der Waals surface area contributed by atoms with Gasteiger partial charge >= 0.3 is 0 Å². The molecule has 0 spiro atoms. The van der Waals surface area contributed by atoms with Gasteiger partial charge in [-0.1, -0.05) is 11.3 Å². The van der Waals surface area contributed by atoms with Crippen LogP contribution in [0, 0.1) is 11.3 Å². The maximum atomic E-state index is 11.5. The first-order valence-electron chi connectivity index (χ1n) is 12.9. The van der Waals surface area contributed by atoms with Crippen molar-refractivity contribution < 1.29 is 4.79 Å². The topological polar surface area (TPSA) is 133 Å². The van der Waals surface area contributed by atoms with Crippen LogP contribution < -0.4 is 16.0 Å². The number of nitriles is 1. The summed E-state index contributed by atoms with van der Waals surface area (Å²) in [5.41, 5.74) is 4.97. The molecule has 3 aliphatic carbocycles. The molecule has 192 valence electrons. The van der Waals surface area contributed by atoms with Gasteiger partial charge in [0.1, 0.15) is 11.1 Å². The van der Waals surface area contributed by atoms with Crippen molar-refractivity contribution in [1.29, 1.82) is 5.26 Å². The molecule has 11 heteroatoms. The molecule has 10 nitrogen and oxygen atoms in total. The Labute approximate surface area is 223 Å². The number of nitrogens with zero attached hydrogens (tertiary/aromatic N) is 6. The summed E-state index contributed by atoms with van der Waals surface area (Å²) in [4.78, 5) is 16.4. The predicted molar refractivity (Wildman–Crippen MR) is 144 cm³/mol. The fraction of sp³-hybridized carbons (Fsp3) is 0.407. The molecular formula is C27H27N9OS. The van der Waals surface area contributed by atoms with Crippen LogP contribution in [0.5, 0.6) is 0 Å². The molecular weight excluding hydrogens is 498 g/mol. The summed E-state index contributed by atoms with van der Waals surface area (Å²) in [6.45, 7) is 3.56. The zero-order valence-corrected chi connectivity index (χ0v) is 21.8. The van der Waals surface area contributed by atoms with Crippen molar-refractivity contribution in [2.24, 2.45) is 0 Å². The van der Waals surface area contributed by atoms with Gasteiger partial charge in [-0.05, 0) is 69.5 Å². The Morgan fingerprint density at radius 2 is 2.00 bits per heavy atom.